The Balaban J connectivity index is 2.13. The van der Waals surface area contributed by atoms with E-state index in [2.05, 4.69) is 4.98 Å². The van der Waals surface area contributed by atoms with Gasteiger partial charge < -0.3 is 14.2 Å². The van der Waals surface area contributed by atoms with E-state index in [0.29, 0.717) is 0 Å². The van der Waals surface area contributed by atoms with E-state index in [1.54, 1.807) is 20.8 Å². The molecule has 7 heteroatoms. The van der Waals surface area contributed by atoms with Crippen molar-refractivity contribution in [1.82, 2.24) is 4.98 Å². The van der Waals surface area contributed by atoms with E-state index in [4.69, 9.17) is 14.2 Å². The predicted octanol–water partition coefficient (Wildman–Crippen LogP) is 5.21. The van der Waals surface area contributed by atoms with Crippen molar-refractivity contribution in [2.75, 3.05) is 7.11 Å². The number of ether oxygens (including phenoxy) is 3. The van der Waals surface area contributed by atoms with Crippen molar-refractivity contribution in [2.24, 2.45) is 11.8 Å². The van der Waals surface area contributed by atoms with E-state index in [0.717, 1.165) is 16.7 Å². The highest BCUT2D eigenvalue weighted by molar-refractivity contribution is 6.00. The third-order valence-corrected chi connectivity index (χ3v) is 5.92. The molecule has 0 saturated heterocycles. The molecule has 0 aliphatic carbocycles. The Morgan fingerprint density at radius 3 is 2.12 bits per heavy atom. The molecule has 0 N–H and O–H groups in total. The van der Waals surface area contributed by atoms with E-state index < -0.39 is 29.6 Å². The van der Waals surface area contributed by atoms with Crippen molar-refractivity contribution in [1.29, 1.82) is 0 Å². The molecular weight excluding hydrogens is 434 g/mol. The zero-order valence-corrected chi connectivity index (χ0v) is 21.3. The molecule has 0 radical (unpaired) electrons. The second kappa shape index (κ2) is 11.8. The number of benzene rings is 1. The number of esters is 2. The third kappa shape index (κ3) is 6.43. The molecule has 0 aliphatic heterocycles. The van der Waals surface area contributed by atoms with Crippen LogP contribution in [0.25, 0.3) is 0 Å². The third-order valence-electron chi connectivity index (χ3n) is 5.92. The Morgan fingerprint density at radius 1 is 0.941 bits per heavy atom. The van der Waals surface area contributed by atoms with E-state index >= 15 is 0 Å². The van der Waals surface area contributed by atoms with Gasteiger partial charge in [0.15, 0.2) is 17.2 Å². The molecule has 34 heavy (non-hydrogen) atoms. The van der Waals surface area contributed by atoms with E-state index in [9.17, 15) is 14.4 Å². The molecular formula is C27H35NO6. The highest BCUT2D eigenvalue weighted by atomic mass is 16.6. The molecule has 1 aromatic carbocycles. The summed E-state index contributed by atoms with van der Waals surface area (Å²) in [6.45, 7) is 13.0. The molecule has 3 atom stereocenters. The van der Waals surface area contributed by atoms with Crippen LogP contribution in [0.4, 0.5) is 0 Å². The maximum atomic E-state index is 13.0. The van der Waals surface area contributed by atoms with Gasteiger partial charge in [0.25, 0.3) is 0 Å². The Morgan fingerprint density at radius 2 is 1.56 bits per heavy atom. The van der Waals surface area contributed by atoms with Crippen LogP contribution < -0.4 is 9.47 Å². The molecule has 1 heterocycles. The normalized spacial score (nSPS) is 13.7. The monoisotopic (exact) mass is 469 g/mol. The first kappa shape index (κ1) is 27.0. The first-order valence-corrected chi connectivity index (χ1v) is 11.5. The van der Waals surface area contributed by atoms with E-state index in [1.807, 2.05) is 45.9 Å². The smallest absolute Gasteiger partial charge is 0.313 e. The summed E-state index contributed by atoms with van der Waals surface area (Å²) in [5, 5.41) is 0. The van der Waals surface area contributed by atoms with Crippen molar-refractivity contribution in [3.63, 3.8) is 0 Å². The van der Waals surface area contributed by atoms with Gasteiger partial charge in [0.2, 0.25) is 5.75 Å². The number of hydrogen-bond acceptors (Lipinski definition) is 7. The van der Waals surface area contributed by atoms with Crippen molar-refractivity contribution in [3.8, 4) is 11.5 Å². The van der Waals surface area contributed by atoms with Crippen molar-refractivity contribution in [2.45, 2.75) is 66.9 Å². The SMILES string of the molecule is COc1ccnc(C(=O)C[C@@H](C)C(=O)O[C@@H](C)[C@@H](C)c2c(C)cccc2C)c1OC(=O)C(C)C. The number of carbonyl (C=O) groups is 3. The van der Waals surface area contributed by atoms with Crippen molar-refractivity contribution < 1.29 is 28.6 Å². The lowest BCUT2D eigenvalue weighted by molar-refractivity contribution is -0.153. The number of Topliss-reactive ketones (excluding diaryl/α,β-unsaturated/α-hetero) is 1. The lowest BCUT2D eigenvalue weighted by atomic mass is 9.89. The molecule has 0 aliphatic rings. The molecule has 0 fully saturated rings. The minimum absolute atomic E-state index is 0.00449. The van der Waals surface area contributed by atoms with Gasteiger partial charge >= 0.3 is 11.9 Å². The van der Waals surface area contributed by atoms with Gasteiger partial charge in [0, 0.05) is 24.6 Å². The van der Waals surface area contributed by atoms with Crippen LogP contribution in [0, 0.1) is 25.7 Å². The molecule has 0 spiro atoms. The molecule has 0 amide bonds. The minimum atomic E-state index is -0.707. The van der Waals surface area contributed by atoms with Crippen LogP contribution in [-0.2, 0) is 14.3 Å². The average molecular weight is 470 g/mol. The summed E-state index contributed by atoms with van der Waals surface area (Å²) in [5.41, 5.74) is 3.39. The van der Waals surface area contributed by atoms with Crippen molar-refractivity contribution in [3.05, 3.63) is 52.8 Å². The van der Waals surface area contributed by atoms with Crippen LogP contribution in [0.5, 0.6) is 11.5 Å². The predicted molar refractivity (Wildman–Crippen MR) is 129 cm³/mol. The highest BCUT2D eigenvalue weighted by Gasteiger charge is 2.28. The number of hydrogen-bond donors (Lipinski definition) is 0. The summed E-state index contributed by atoms with van der Waals surface area (Å²) in [6, 6.07) is 7.59. The number of aryl methyl sites for hydroxylation is 2. The number of nitrogens with zero attached hydrogens (tertiary/aromatic N) is 1. The quantitative estimate of drug-likeness (QED) is 0.348. The lowest BCUT2D eigenvalue weighted by Crippen LogP contribution is -2.27. The summed E-state index contributed by atoms with van der Waals surface area (Å²) in [4.78, 5) is 42.1. The summed E-state index contributed by atoms with van der Waals surface area (Å²) < 4.78 is 16.4. The minimum Gasteiger partial charge on any atom is -0.493 e. The number of rotatable bonds is 10. The highest BCUT2D eigenvalue weighted by Crippen LogP contribution is 2.32. The summed E-state index contributed by atoms with van der Waals surface area (Å²) in [5.74, 6) is -2.35. The second-order valence-corrected chi connectivity index (χ2v) is 9.03. The largest absolute Gasteiger partial charge is 0.493 e. The van der Waals surface area contributed by atoms with Crippen LogP contribution in [0.15, 0.2) is 30.5 Å². The summed E-state index contributed by atoms with van der Waals surface area (Å²) in [6.07, 6.45) is 0.883. The lowest BCUT2D eigenvalue weighted by Gasteiger charge is -2.25. The first-order valence-electron chi connectivity index (χ1n) is 11.5. The van der Waals surface area contributed by atoms with Gasteiger partial charge in [0.05, 0.1) is 18.9 Å². The summed E-state index contributed by atoms with van der Waals surface area (Å²) in [7, 11) is 1.41. The Labute approximate surface area is 201 Å². The Kier molecular flexibility index (Phi) is 9.36. The standard InChI is InChI=1S/C27H35NO6/c1-15(2)26(30)34-25-22(32-8)12-13-28-24(25)21(29)14-18(5)27(31)33-20(7)19(6)23-16(3)10-9-11-17(23)4/h9-13,15,18-20H,14H2,1-8H3/t18-,19-,20+/m1/s1. The van der Waals surface area contributed by atoms with E-state index in [1.165, 1.54) is 19.4 Å². The molecule has 2 aromatic rings. The topological polar surface area (TPSA) is 91.8 Å². The van der Waals surface area contributed by atoms with Gasteiger partial charge in [-0.1, -0.05) is 45.9 Å². The number of carbonyl (C=O) groups excluding carboxylic acids is 3. The van der Waals surface area contributed by atoms with Crippen LogP contribution in [0.3, 0.4) is 0 Å². The molecule has 0 unspecified atom stereocenters. The molecule has 0 bridgehead atoms. The van der Waals surface area contributed by atoms with Gasteiger partial charge in [-0.05, 0) is 37.5 Å². The van der Waals surface area contributed by atoms with Crippen LogP contribution >= 0.6 is 0 Å². The first-order chi connectivity index (χ1) is 16.0. The van der Waals surface area contributed by atoms with Gasteiger partial charge in [-0.15, -0.1) is 0 Å². The van der Waals surface area contributed by atoms with Gasteiger partial charge in [0.1, 0.15) is 6.10 Å². The molecule has 2 rings (SSSR count). The van der Waals surface area contributed by atoms with Gasteiger partial charge in [-0.2, -0.15) is 0 Å². The van der Waals surface area contributed by atoms with Crippen molar-refractivity contribution >= 4 is 17.7 Å². The van der Waals surface area contributed by atoms with Crippen LogP contribution in [0.1, 0.15) is 74.1 Å². The molecule has 0 saturated carbocycles. The number of pyridine rings is 1. The maximum absolute atomic E-state index is 13.0. The molecule has 184 valence electrons. The molecule has 7 nitrogen and oxygen atoms in total. The maximum Gasteiger partial charge on any atom is 0.313 e. The summed E-state index contributed by atoms with van der Waals surface area (Å²) >= 11 is 0. The zero-order valence-electron chi connectivity index (χ0n) is 21.3. The zero-order chi connectivity index (χ0) is 25.6. The fourth-order valence-corrected chi connectivity index (χ4v) is 3.75. The van der Waals surface area contributed by atoms with Crippen LogP contribution in [0.2, 0.25) is 0 Å². The van der Waals surface area contributed by atoms with Gasteiger partial charge in [-0.3, -0.25) is 14.4 Å². The Bertz CT molecular complexity index is 1030. The Hall–Kier alpha value is -3.22. The van der Waals surface area contributed by atoms with Gasteiger partial charge in [-0.25, -0.2) is 4.98 Å². The number of ketones is 1. The van der Waals surface area contributed by atoms with E-state index in [-0.39, 0.29) is 35.6 Å². The number of methoxy groups -OCH3 is 1. The second-order valence-electron chi connectivity index (χ2n) is 9.03. The average Bonchev–Trinajstić information content (AvgIpc) is 2.78. The fourth-order valence-electron chi connectivity index (χ4n) is 3.75. The molecule has 1 aromatic heterocycles. The number of aromatic nitrogens is 1. The van der Waals surface area contributed by atoms with Crippen LogP contribution in [-0.4, -0.2) is 35.9 Å². The fraction of sp³-hybridized carbons (Fsp3) is 0.481.